The Morgan fingerprint density at radius 1 is 1.19 bits per heavy atom. The van der Waals surface area contributed by atoms with E-state index in [2.05, 4.69) is 0 Å². The summed E-state index contributed by atoms with van der Waals surface area (Å²) in [4.78, 5) is 11.2. The second-order valence-electron chi connectivity index (χ2n) is 5.00. The molecule has 2 rings (SSSR count). The molecule has 0 spiro atoms. The van der Waals surface area contributed by atoms with Crippen molar-refractivity contribution in [3.63, 3.8) is 0 Å². The molecule has 1 N–H and O–H groups in total. The lowest BCUT2D eigenvalue weighted by atomic mass is 10.1. The molecular weight excluding hydrogens is 283 g/mol. The first-order chi connectivity index (χ1) is 9.70. The van der Waals surface area contributed by atoms with E-state index in [1.165, 1.54) is 22.8 Å². The van der Waals surface area contributed by atoms with E-state index in [-0.39, 0.29) is 11.7 Å². The normalized spacial score (nSPS) is 11.9. The monoisotopic (exact) mass is 297 g/mol. The average Bonchev–Trinajstić information content (AvgIpc) is 2.83. The van der Waals surface area contributed by atoms with E-state index in [9.17, 15) is 18.0 Å². The topological polar surface area (TPSA) is 42.2 Å². The van der Waals surface area contributed by atoms with Crippen molar-refractivity contribution in [3.05, 3.63) is 47.8 Å². The van der Waals surface area contributed by atoms with Crippen molar-refractivity contribution in [2.24, 2.45) is 0 Å². The zero-order valence-electron chi connectivity index (χ0n) is 11.5. The number of nitrogens with zero attached hydrogens (tertiary/aromatic N) is 1. The fourth-order valence-corrected chi connectivity index (χ4v) is 2.11. The highest BCUT2D eigenvalue weighted by Gasteiger charge is 2.30. The van der Waals surface area contributed by atoms with Gasteiger partial charge in [-0.1, -0.05) is 12.1 Å². The first kappa shape index (κ1) is 15.2. The SMILES string of the molecule is CC(C)n1cc(-c2cccc(C(F)(F)F)c2)cc1C(=O)O. The molecule has 0 radical (unpaired) electrons. The molecule has 112 valence electrons. The van der Waals surface area contributed by atoms with Crippen molar-refractivity contribution in [3.8, 4) is 11.1 Å². The highest BCUT2D eigenvalue weighted by Crippen LogP contribution is 2.33. The zero-order valence-corrected chi connectivity index (χ0v) is 11.5. The molecule has 0 aliphatic carbocycles. The van der Waals surface area contributed by atoms with Crippen LogP contribution in [0.3, 0.4) is 0 Å². The highest BCUT2D eigenvalue weighted by molar-refractivity contribution is 5.88. The number of carboxylic acid groups (broad SMARTS) is 1. The predicted octanol–water partition coefficient (Wildman–Crippen LogP) is 4.45. The van der Waals surface area contributed by atoms with Gasteiger partial charge in [0.05, 0.1) is 5.56 Å². The van der Waals surface area contributed by atoms with Crippen LogP contribution in [0.2, 0.25) is 0 Å². The van der Waals surface area contributed by atoms with Crippen LogP contribution >= 0.6 is 0 Å². The van der Waals surface area contributed by atoms with E-state index < -0.39 is 17.7 Å². The van der Waals surface area contributed by atoms with Gasteiger partial charge in [-0.25, -0.2) is 4.79 Å². The standard InChI is InChI=1S/C15H14F3NO2/c1-9(2)19-8-11(7-13(19)14(20)21)10-4-3-5-12(6-10)15(16,17)18/h3-9H,1-2H3,(H,20,21). The van der Waals surface area contributed by atoms with E-state index in [0.717, 1.165) is 12.1 Å². The van der Waals surface area contributed by atoms with Gasteiger partial charge in [-0.3, -0.25) is 0 Å². The molecule has 6 heteroatoms. The fourth-order valence-electron chi connectivity index (χ4n) is 2.11. The maximum atomic E-state index is 12.7. The molecule has 21 heavy (non-hydrogen) atoms. The molecule has 3 nitrogen and oxygen atoms in total. The third kappa shape index (κ3) is 3.09. The maximum absolute atomic E-state index is 12.7. The molecule has 0 saturated carbocycles. The van der Waals surface area contributed by atoms with Crippen molar-refractivity contribution in [1.82, 2.24) is 4.57 Å². The van der Waals surface area contributed by atoms with E-state index in [1.54, 1.807) is 6.20 Å². The van der Waals surface area contributed by atoms with Gasteiger partial charge in [-0.15, -0.1) is 0 Å². The van der Waals surface area contributed by atoms with Crippen LogP contribution in [0.1, 0.15) is 35.9 Å². The molecule has 1 aromatic carbocycles. The summed E-state index contributed by atoms with van der Waals surface area (Å²) in [6.07, 6.45) is -2.87. The number of hydrogen-bond acceptors (Lipinski definition) is 1. The first-order valence-corrected chi connectivity index (χ1v) is 6.33. The molecule has 2 aromatic rings. The first-order valence-electron chi connectivity index (χ1n) is 6.33. The Balaban J connectivity index is 2.53. The number of hydrogen-bond donors (Lipinski definition) is 1. The number of carboxylic acids is 1. The summed E-state index contributed by atoms with van der Waals surface area (Å²) in [7, 11) is 0. The Hall–Kier alpha value is -2.24. The Morgan fingerprint density at radius 2 is 1.86 bits per heavy atom. The van der Waals surface area contributed by atoms with Crippen molar-refractivity contribution in [2.45, 2.75) is 26.1 Å². The summed E-state index contributed by atoms with van der Waals surface area (Å²) < 4.78 is 39.7. The molecule has 1 aromatic heterocycles. The zero-order chi connectivity index (χ0) is 15.8. The van der Waals surface area contributed by atoms with Gasteiger partial charge in [0.1, 0.15) is 5.69 Å². The minimum absolute atomic E-state index is 0.0532. The molecule has 1 heterocycles. The van der Waals surface area contributed by atoms with E-state index in [1.807, 2.05) is 13.8 Å². The maximum Gasteiger partial charge on any atom is 0.416 e. The van der Waals surface area contributed by atoms with Gasteiger partial charge in [-0.2, -0.15) is 13.2 Å². The molecule has 0 bridgehead atoms. The Labute approximate surface area is 119 Å². The Morgan fingerprint density at radius 3 is 2.33 bits per heavy atom. The third-order valence-electron chi connectivity index (χ3n) is 3.15. The van der Waals surface area contributed by atoms with Gasteiger partial charge in [0.25, 0.3) is 0 Å². The molecule has 0 aliphatic rings. The van der Waals surface area contributed by atoms with Crippen LogP contribution in [0, 0.1) is 0 Å². The van der Waals surface area contributed by atoms with Crippen LogP contribution in [-0.4, -0.2) is 15.6 Å². The van der Waals surface area contributed by atoms with Crippen molar-refractivity contribution >= 4 is 5.97 Å². The van der Waals surface area contributed by atoms with Gasteiger partial charge < -0.3 is 9.67 Å². The van der Waals surface area contributed by atoms with Crippen molar-refractivity contribution in [1.29, 1.82) is 0 Å². The van der Waals surface area contributed by atoms with E-state index >= 15 is 0 Å². The number of aromatic carboxylic acids is 1. The van der Waals surface area contributed by atoms with Crippen LogP contribution in [-0.2, 0) is 6.18 Å². The number of carbonyl (C=O) groups is 1. The second-order valence-corrected chi connectivity index (χ2v) is 5.00. The van der Waals surface area contributed by atoms with E-state index in [0.29, 0.717) is 11.1 Å². The van der Waals surface area contributed by atoms with Crippen LogP contribution in [0.25, 0.3) is 11.1 Å². The molecule has 0 saturated heterocycles. The summed E-state index contributed by atoms with van der Waals surface area (Å²) in [6.45, 7) is 3.62. The molecule has 0 fully saturated rings. The highest BCUT2D eigenvalue weighted by atomic mass is 19.4. The number of aromatic nitrogens is 1. The van der Waals surface area contributed by atoms with Crippen molar-refractivity contribution in [2.75, 3.05) is 0 Å². The minimum Gasteiger partial charge on any atom is -0.477 e. The summed E-state index contributed by atoms with van der Waals surface area (Å²) >= 11 is 0. The number of benzene rings is 1. The molecular formula is C15H14F3NO2. The average molecular weight is 297 g/mol. The molecule has 0 unspecified atom stereocenters. The van der Waals surface area contributed by atoms with E-state index in [4.69, 9.17) is 5.11 Å². The quantitative estimate of drug-likeness (QED) is 0.909. The van der Waals surface area contributed by atoms with Crippen LogP contribution in [0.5, 0.6) is 0 Å². The lowest BCUT2D eigenvalue weighted by Gasteiger charge is -2.09. The molecule has 0 amide bonds. The summed E-state index contributed by atoms with van der Waals surface area (Å²) in [5, 5.41) is 9.16. The van der Waals surface area contributed by atoms with Crippen LogP contribution in [0.4, 0.5) is 13.2 Å². The largest absolute Gasteiger partial charge is 0.477 e. The van der Waals surface area contributed by atoms with Crippen LogP contribution < -0.4 is 0 Å². The number of rotatable bonds is 3. The minimum atomic E-state index is -4.42. The Kier molecular flexibility index (Phi) is 3.80. The smallest absolute Gasteiger partial charge is 0.416 e. The lowest BCUT2D eigenvalue weighted by Crippen LogP contribution is -2.09. The number of alkyl halides is 3. The van der Waals surface area contributed by atoms with Gasteiger partial charge in [-0.05, 0) is 37.6 Å². The van der Waals surface area contributed by atoms with Gasteiger partial charge >= 0.3 is 12.1 Å². The molecule has 0 aliphatic heterocycles. The van der Waals surface area contributed by atoms with Crippen molar-refractivity contribution < 1.29 is 23.1 Å². The second kappa shape index (κ2) is 5.27. The molecule has 0 atom stereocenters. The number of halogens is 3. The Bertz CT molecular complexity index is 672. The lowest BCUT2D eigenvalue weighted by molar-refractivity contribution is -0.137. The fraction of sp³-hybridized carbons (Fsp3) is 0.267. The van der Waals surface area contributed by atoms with Crippen LogP contribution in [0.15, 0.2) is 36.5 Å². The summed E-state index contributed by atoms with van der Waals surface area (Å²) in [6, 6.07) is 6.13. The van der Waals surface area contributed by atoms with Gasteiger partial charge in [0.15, 0.2) is 0 Å². The summed E-state index contributed by atoms with van der Waals surface area (Å²) in [5.41, 5.74) is 0.0884. The predicted molar refractivity (Wildman–Crippen MR) is 72.2 cm³/mol. The van der Waals surface area contributed by atoms with Gasteiger partial charge in [0.2, 0.25) is 0 Å². The third-order valence-corrected chi connectivity index (χ3v) is 3.15. The van der Waals surface area contributed by atoms with Gasteiger partial charge in [0, 0.05) is 17.8 Å². The summed E-state index contributed by atoms with van der Waals surface area (Å²) in [5.74, 6) is -1.11.